The van der Waals surface area contributed by atoms with Crippen molar-refractivity contribution in [2.75, 3.05) is 0 Å². The van der Waals surface area contributed by atoms with Crippen LogP contribution < -0.4 is 0 Å². The lowest BCUT2D eigenvalue weighted by Crippen LogP contribution is -2.61. The number of hydrogen-bond donors (Lipinski definition) is 0. The van der Waals surface area contributed by atoms with Crippen LogP contribution in [0.2, 0.25) is 33.7 Å². The van der Waals surface area contributed by atoms with E-state index in [0.717, 1.165) is 50.5 Å². The second-order valence-electron chi connectivity index (χ2n) is 18.9. The van der Waals surface area contributed by atoms with Gasteiger partial charge in [0, 0.05) is 12.8 Å². The first-order valence-electron chi connectivity index (χ1n) is 22.7. The molecule has 16 heteroatoms. The summed E-state index contributed by atoms with van der Waals surface area (Å²) in [6.07, 6.45) is -1.85. The standard InChI is InChI=1S/C46H75F9O5Si2/c1-12-13-16-21-37-22-17-15-20-25-41(60-62(34(6)7,35(8)9)36(10)11)58-42(57-31-38-23-18-14-19-24-38)40(27-26-39(56)30-37)59-61(32(2)3,33(4)5)29-28-43(47,48)44(49,50)45(51,52)46(53,54)55/h14,18-19,23-24,26-27,32-37,40-42H,12-13,15-17,20-22,25,28-31H2,1-11H3/t37-,40-,41-,42-/m1/s1. The first kappa shape index (κ1) is 56.4. The largest absolute Gasteiger partial charge is 0.460 e. The highest BCUT2D eigenvalue weighted by molar-refractivity contribution is 6.77. The van der Waals surface area contributed by atoms with Crippen molar-refractivity contribution >= 4 is 22.4 Å². The zero-order valence-electron chi connectivity index (χ0n) is 38.9. The zero-order valence-corrected chi connectivity index (χ0v) is 40.9. The maximum atomic E-state index is 15.3. The number of unbranched alkanes of at least 4 members (excludes halogenated alkanes) is 2. The molecule has 0 spiro atoms. The fourth-order valence-corrected chi connectivity index (χ4v) is 19.3. The Hall–Kier alpha value is -1.73. The zero-order chi connectivity index (χ0) is 47.3. The molecular formula is C46H75F9O5Si2. The van der Waals surface area contributed by atoms with Gasteiger partial charge in [0.2, 0.25) is 8.32 Å². The number of carbonyl (C=O) groups is 1. The van der Waals surface area contributed by atoms with E-state index >= 15 is 8.78 Å². The summed E-state index contributed by atoms with van der Waals surface area (Å²) in [6.45, 7) is 21.3. The summed E-state index contributed by atoms with van der Waals surface area (Å²) in [4.78, 5) is 13.8. The van der Waals surface area contributed by atoms with Crippen LogP contribution in [0.3, 0.4) is 0 Å². The van der Waals surface area contributed by atoms with Crippen molar-refractivity contribution in [2.45, 2.75) is 230 Å². The molecule has 1 heterocycles. The lowest BCUT2D eigenvalue weighted by atomic mass is 9.90. The number of alkyl halides is 9. The Balaban J connectivity index is 2.87. The number of benzene rings is 1. The molecule has 1 aliphatic heterocycles. The summed E-state index contributed by atoms with van der Waals surface area (Å²) in [5.41, 5.74) is -0.131. The second-order valence-corrected chi connectivity index (χ2v) is 29.3. The smallest absolute Gasteiger partial charge is 0.405 e. The fourth-order valence-electron chi connectivity index (χ4n) is 9.34. The molecule has 1 aliphatic rings. The van der Waals surface area contributed by atoms with E-state index in [9.17, 15) is 35.5 Å². The van der Waals surface area contributed by atoms with Crippen molar-refractivity contribution in [1.82, 2.24) is 0 Å². The molecular weight excluding hydrogens is 860 g/mol. The van der Waals surface area contributed by atoms with Crippen LogP contribution in [-0.4, -0.2) is 65.0 Å². The van der Waals surface area contributed by atoms with E-state index in [-0.39, 0.29) is 41.4 Å². The van der Waals surface area contributed by atoms with E-state index in [1.807, 2.05) is 30.3 Å². The van der Waals surface area contributed by atoms with Gasteiger partial charge in [0.25, 0.3) is 0 Å². The van der Waals surface area contributed by atoms with E-state index in [1.165, 1.54) is 12.2 Å². The molecule has 0 amide bonds. The van der Waals surface area contributed by atoms with E-state index < -0.39 is 82.8 Å². The molecule has 0 aliphatic carbocycles. The molecule has 0 N–H and O–H groups in total. The third kappa shape index (κ3) is 14.4. The highest BCUT2D eigenvalue weighted by Gasteiger charge is 2.81. The third-order valence-corrected chi connectivity index (χ3v) is 24.7. The fraction of sp³-hybridized carbons (Fsp3) is 0.804. The van der Waals surface area contributed by atoms with Crippen LogP contribution in [0.15, 0.2) is 42.5 Å². The van der Waals surface area contributed by atoms with Gasteiger partial charge >= 0.3 is 23.9 Å². The predicted molar refractivity (Wildman–Crippen MR) is 233 cm³/mol. The molecule has 2 rings (SSSR count). The average molecular weight is 935 g/mol. The molecule has 0 saturated heterocycles. The number of halogens is 9. The Kier molecular flexibility index (Phi) is 22.0. The summed E-state index contributed by atoms with van der Waals surface area (Å²) >= 11 is 0. The quantitative estimate of drug-likeness (QED) is 0.0698. The van der Waals surface area contributed by atoms with E-state index in [2.05, 4.69) is 48.5 Å². The Morgan fingerprint density at radius 3 is 1.81 bits per heavy atom. The topological polar surface area (TPSA) is 54.0 Å². The van der Waals surface area contributed by atoms with Gasteiger partial charge in [-0.2, -0.15) is 39.5 Å². The van der Waals surface area contributed by atoms with Gasteiger partial charge in [-0.3, -0.25) is 4.79 Å². The molecule has 0 aromatic heterocycles. The molecule has 0 radical (unpaired) electrons. The first-order chi connectivity index (χ1) is 28.6. The number of rotatable bonds is 21. The molecule has 4 atom stereocenters. The minimum atomic E-state index is -7.01. The minimum absolute atomic E-state index is 0.0325. The van der Waals surface area contributed by atoms with Crippen molar-refractivity contribution in [1.29, 1.82) is 0 Å². The van der Waals surface area contributed by atoms with Gasteiger partial charge < -0.3 is 18.3 Å². The number of allylic oxidation sites excluding steroid dienone is 1. The number of carbonyl (C=O) groups excluding carboxylic acids is 1. The SMILES string of the molecule is CCCCC[C@@H]1CCCCC[C@@H](O[Si](C(C)C)(C(C)C)C(C)C)O[C@@H](OCc2ccccc2)[C@H](O[Si](CCC(F)(F)C(F)(F)C(F)(F)C(F)(F)F)(C(C)C)C(C)C)C=CC(=O)C1. The van der Waals surface area contributed by atoms with Crippen LogP contribution in [0.25, 0.3) is 0 Å². The summed E-state index contributed by atoms with van der Waals surface area (Å²) < 4.78 is 155. The van der Waals surface area contributed by atoms with Gasteiger partial charge in [-0.05, 0) is 70.2 Å². The average Bonchev–Trinajstić information content (AvgIpc) is 3.16. The number of hydrogen-bond acceptors (Lipinski definition) is 5. The molecule has 0 saturated carbocycles. The third-order valence-electron chi connectivity index (χ3n) is 12.9. The van der Waals surface area contributed by atoms with Gasteiger partial charge in [-0.15, -0.1) is 0 Å². The molecule has 0 bridgehead atoms. The van der Waals surface area contributed by atoms with Crippen LogP contribution in [0.5, 0.6) is 0 Å². The highest BCUT2D eigenvalue weighted by atomic mass is 28.4. The van der Waals surface area contributed by atoms with Crippen LogP contribution in [-0.2, 0) is 29.7 Å². The first-order valence-corrected chi connectivity index (χ1v) is 27.1. The maximum Gasteiger partial charge on any atom is 0.460 e. The molecule has 1 aromatic rings. The number of ether oxygens (including phenoxy) is 2. The summed E-state index contributed by atoms with van der Waals surface area (Å²) in [5.74, 6) is -19.7. The van der Waals surface area contributed by atoms with Crippen molar-refractivity contribution in [3.8, 4) is 0 Å². The molecule has 0 fully saturated rings. The summed E-state index contributed by atoms with van der Waals surface area (Å²) in [7, 11) is -6.61. The molecule has 1 aromatic carbocycles. The van der Waals surface area contributed by atoms with E-state index in [4.69, 9.17) is 18.3 Å². The van der Waals surface area contributed by atoms with Gasteiger partial charge in [-0.1, -0.05) is 151 Å². The Morgan fingerprint density at radius 1 is 0.726 bits per heavy atom. The molecule has 5 nitrogen and oxygen atoms in total. The predicted octanol–water partition coefficient (Wildman–Crippen LogP) is 15.7. The second kappa shape index (κ2) is 24.2. The normalized spacial score (nSPS) is 21.5. The lowest BCUT2D eigenvalue weighted by molar-refractivity contribution is -0.396. The molecule has 360 valence electrons. The minimum Gasteiger partial charge on any atom is -0.405 e. The van der Waals surface area contributed by atoms with E-state index in [1.54, 1.807) is 27.7 Å². The van der Waals surface area contributed by atoms with Crippen LogP contribution in [0.1, 0.15) is 152 Å². The number of ketones is 1. The Labute approximate surface area is 367 Å². The van der Waals surface area contributed by atoms with Crippen LogP contribution >= 0.6 is 0 Å². The van der Waals surface area contributed by atoms with Gasteiger partial charge in [0.15, 0.2) is 26.7 Å². The maximum absolute atomic E-state index is 15.3. The van der Waals surface area contributed by atoms with Crippen molar-refractivity contribution in [2.24, 2.45) is 5.92 Å². The molecule has 0 unspecified atom stereocenters. The van der Waals surface area contributed by atoms with Gasteiger partial charge in [0.05, 0.1) is 6.61 Å². The monoisotopic (exact) mass is 935 g/mol. The van der Waals surface area contributed by atoms with Gasteiger partial charge in [0.1, 0.15) is 6.10 Å². The Bertz CT molecular complexity index is 1460. The van der Waals surface area contributed by atoms with Crippen LogP contribution in [0.4, 0.5) is 39.5 Å². The molecule has 62 heavy (non-hydrogen) atoms. The Morgan fingerprint density at radius 2 is 1.29 bits per heavy atom. The van der Waals surface area contributed by atoms with Crippen molar-refractivity contribution < 1.29 is 62.6 Å². The highest BCUT2D eigenvalue weighted by Crippen LogP contribution is 2.55. The van der Waals surface area contributed by atoms with Gasteiger partial charge in [-0.25, -0.2) is 0 Å². The lowest BCUT2D eigenvalue weighted by Gasteiger charge is -2.46. The van der Waals surface area contributed by atoms with Crippen LogP contribution in [0, 0.1) is 5.92 Å². The van der Waals surface area contributed by atoms with E-state index in [0.29, 0.717) is 12.8 Å². The van der Waals surface area contributed by atoms with Crippen molar-refractivity contribution in [3.63, 3.8) is 0 Å². The van der Waals surface area contributed by atoms with Crippen molar-refractivity contribution in [3.05, 3.63) is 48.0 Å². The summed E-state index contributed by atoms with van der Waals surface area (Å²) in [6, 6.07) is 8.16. The summed E-state index contributed by atoms with van der Waals surface area (Å²) in [5, 5.41) is 0.